The summed E-state index contributed by atoms with van der Waals surface area (Å²) in [6.45, 7) is 10.8. The summed E-state index contributed by atoms with van der Waals surface area (Å²) in [7, 11) is 0. The molecule has 10 N–H and O–H groups in total. The topological polar surface area (TPSA) is 259 Å². The van der Waals surface area contributed by atoms with E-state index in [1.165, 1.54) is 31.8 Å². The number of ether oxygens (including phenoxy) is 7. The molecule has 0 aromatic carbocycles. The molecule has 0 aromatic rings. The Bertz CT molecular complexity index is 1610. The smallest absolute Gasteiger partial charge is 0.187 e. The van der Waals surface area contributed by atoms with Crippen LogP contribution in [0, 0.1) is 46.3 Å². The van der Waals surface area contributed by atoms with Crippen molar-refractivity contribution >= 4 is 0 Å². The Balaban J connectivity index is 0.848. The van der Waals surface area contributed by atoms with E-state index < -0.39 is 105 Å². The molecule has 3 saturated carbocycles. The molecule has 17 heteroatoms. The molecule has 0 bridgehead atoms. The molecular weight excluding hydrogens is 810 g/mol. The lowest BCUT2D eigenvalue weighted by atomic mass is 9.47. The fourth-order valence-corrected chi connectivity index (χ4v) is 14.2. The van der Waals surface area contributed by atoms with E-state index in [1.807, 2.05) is 0 Å². The number of aliphatic hydroxyl groups excluding tert-OH is 9. The molecule has 17 nitrogen and oxygen atoms in total. The number of hydrogen-bond donors (Lipinski definition) is 10. The lowest BCUT2D eigenvalue weighted by molar-refractivity contribution is -0.388. The van der Waals surface area contributed by atoms with Gasteiger partial charge in [-0.05, 0) is 105 Å². The van der Waals surface area contributed by atoms with Crippen LogP contribution in [0.25, 0.3) is 0 Å². The second kappa shape index (κ2) is 17.3. The summed E-state index contributed by atoms with van der Waals surface area (Å²) in [5.41, 5.74) is 1.46. The molecule has 26 atom stereocenters. The van der Waals surface area contributed by atoms with Crippen molar-refractivity contribution in [3.8, 4) is 0 Å². The highest BCUT2D eigenvalue weighted by Crippen LogP contribution is 2.70. The minimum Gasteiger partial charge on any atom is -0.394 e. The quantitative estimate of drug-likeness (QED) is 0.142. The van der Waals surface area contributed by atoms with Crippen LogP contribution in [0.3, 0.4) is 0 Å². The van der Waals surface area contributed by atoms with Gasteiger partial charge in [0.15, 0.2) is 18.9 Å². The predicted molar refractivity (Wildman–Crippen MR) is 216 cm³/mol. The molecule has 9 rings (SSSR count). The van der Waals surface area contributed by atoms with E-state index in [4.69, 9.17) is 33.2 Å². The van der Waals surface area contributed by atoms with Gasteiger partial charge in [-0.25, -0.2) is 0 Å². The summed E-state index contributed by atoms with van der Waals surface area (Å²) < 4.78 is 42.8. The van der Waals surface area contributed by atoms with Crippen LogP contribution in [0.2, 0.25) is 0 Å². The van der Waals surface area contributed by atoms with E-state index in [0.29, 0.717) is 48.0 Å². The van der Waals surface area contributed by atoms with E-state index in [9.17, 15) is 46.0 Å². The van der Waals surface area contributed by atoms with Gasteiger partial charge in [0.25, 0.3) is 0 Å². The van der Waals surface area contributed by atoms with E-state index >= 15 is 0 Å². The van der Waals surface area contributed by atoms with E-state index in [1.54, 1.807) is 0 Å². The van der Waals surface area contributed by atoms with Gasteiger partial charge in [-0.3, -0.25) is 5.32 Å². The average Bonchev–Trinajstić information content (AvgIpc) is 3.70. The summed E-state index contributed by atoms with van der Waals surface area (Å²) in [5, 5.41) is 100. The first-order chi connectivity index (χ1) is 29.4. The summed E-state index contributed by atoms with van der Waals surface area (Å²) in [6.07, 6.45) is -11.6. The molecule has 0 radical (unpaired) electrons. The number of nitrogens with one attached hydrogen (secondary N) is 1. The minimum atomic E-state index is -1.80. The van der Waals surface area contributed by atoms with Gasteiger partial charge in [0.1, 0.15) is 72.9 Å². The van der Waals surface area contributed by atoms with Crippen molar-refractivity contribution < 1.29 is 79.1 Å². The molecule has 1 spiro atoms. The first kappa shape index (κ1) is 46.2. The summed E-state index contributed by atoms with van der Waals surface area (Å²) in [4.78, 5) is 0. The highest BCUT2D eigenvalue weighted by molar-refractivity contribution is 5.26. The van der Waals surface area contributed by atoms with Gasteiger partial charge in [-0.1, -0.05) is 39.3 Å². The van der Waals surface area contributed by atoms with Crippen LogP contribution < -0.4 is 5.32 Å². The molecule has 5 heterocycles. The Labute approximate surface area is 364 Å². The van der Waals surface area contributed by atoms with E-state index in [-0.39, 0.29) is 22.7 Å². The lowest BCUT2D eigenvalue weighted by Gasteiger charge is -2.59. The molecule has 8 fully saturated rings. The third-order valence-electron chi connectivity index (χ3n) is 17.9. The number of hydrogen-bond acceptors (Lipinski definition) is 17. The van der Waals surface area contributed by atoms with Crippen molar-refractivity contribution in [1.82, 2.24) is 5.32 Å². The zero-order chi connectivity index (χ0) is 44.2. The first-order valence-electron chi connectivity index (χ1n) is 23.5. The van der Waals surface area contributed by atoms with Gasteiger partial charge in [0, 0.05) is 12.5 Å². The Morgan fingerprint density at radius 2 is 1.37 bits per heavy atom. The third kappa shape index (κ3) is 7.49. The van der Waals surface area contributed by atoms with Crippen LogP contribution in [0.1, 0.15) is 92.4 Å². The molecule has 354 valence electrons. The molecule has 62 heavy (non-hydrogen) atoms. The van der Waals surface area contributed by atoms with Crippen LogP contribution >= 0.6 is 0 Å². The lowest BCUT2D eigenvalue weighted by Crippen LogP contribution is -2.66. The van der Waals surface area contributed by atoms with Crippen molar-refractivity contribution in [2.24, 2.45) is 46.3 Å². The van der Waals surface area contributed by atoms with Crippen molar-refractivity contribution in [3.05, 3.63) is 11.6 Å². The van der Waals surface area contributed by atoms with Gasteiger partial charge in [-0.2, -0.15) is 0 Å². The summed E-state index contributed by atoms with van der Waals surface area (Å²) in [5.74, 6) is 3.48. The highest BCUT2D eigenvalue weighted by Gasteiger charge is 2.68. The number of fused-ring (bicyclic) bond motifs is 7. The Morgan fingerprint density at radius 3 is 2.08 bits per heavy atom. The monoisotopic (exact) mass is 883 g/mol. The van der Waals surface area contributed by atoms with Gasteiger partial charge >= 0.3 is 0 Å². The fraction of sp³-hybridized carbons (Fsp3) is 0.956. The number of allylic oxidation sites excluding steroid dienone is 1. The van der Waals surface area contributed by atoms with E-state index in [2.05, 4.69) is 39.1 Å². The zero-order valence-electron chi connectivity index (χ0n) is 36.7. The predicted octanol–water partition coefficient (Wildman–Crippen LogP) is -0.213. The SMILES string of the molecule is C[C@@H]1CC[C@@]2(NC1)O[C@H]1C[C@H]3[C@@H]4CC=C5C[C@@H](O[C@@H]6O[C@H](CO)[C@@H](O[C@@H]7O[C@H](CO)[C@@H](O)[C@H](O)[C@H]7O[C@@H]7O[C@@H](C)[C@H](O)[C@@H](O)[C@H]7O)[C@H](O)[C@H]6O)CC[C@]5(C)[C@H]4CC[C@]3(C)[C@H]1[C@@H]2C. The number of aliphatic hydroxyl groups is 9. The summed E-state index contributed by atoms with van der Waals surface area (Å²) in [6, 6.07) is 0. The Kier molecular flexibility index (Phi) is 12.9. The number of piperidine rings is 1. The zero-order valence-corrected chi connectivity index (χ0v) is 36.7. The Hall–Kier alpha value is -0.940. The van der Waals surface area contributed by atoms with Gasteiger partial charge in [0.2, 0.25) is 0 Å². The van der Waals surface area contributed by atoms with Crippen molar-refractivity contribution in [2.75, 3.05) is 19.8 Å². The molecule has 9 aliphatic rings. The molecule has 0 unspecified atom stereocenters. The van der Waals surface area contributed by atoms with Crippen LogP contribution in [-0.2, 0) is 33.2 Å². The third-order valence-corrected chi connectivity index (χ3v) is 17.9. The van der Waals surface area contributed by atoms with Gasteiger partial charge < -0.3 is 79.1 Å². The molecule has 0 amide bonds. The van der Waals surface area contributed by atoms with E-state index in [0.717, 1.165) is 38.6 Å². The largest absolute Gasteiger partial charge is 0.394 e. The molecule has 4 aliphatic carbocycles. The maximum Gasteiger partial charge on any atom is 0.187 e. The maximum atomic E-state index is 11.5. The average molecular weight is 884 g/mol. The molecule has 0 aromatic heterocycles. The molecule has 5 aliphatic heterocycles. The summed E-state index contributed by atoms with van der Waals surface area (Å²) >= 11 is 0. The maximum absolute atomic E-state index is 11.5. The second-order valence-corrected chi connectivity index (χ2v) is 21.2. The van der Waals surface area contributed by atoms with Crippen molar-refractivity contribution in [2.45, 2.75) is 202 Å². The fourth-order valence-electron chi connectivity index (χ4n) is 14.2. The Morgan fingerprint density at radius 1 is 0.694 bits per heavy atom. The first-order valence-corrected chi connectivity index (χ1v) is 23.5. The highest BCUT2D eigenvalue weighted by atomic mass is 16.8. The second-order valence-electron chi connectivity index (χ2n) is 21.2. The van der Waals surface area contributed by atoms with Crippen LogP contribution in [0.5, 0.6) is 0 Å². The van der Waals surface area contributed by atoms with Crippen LogP contribution in [-0.4, -0.2) is 176 Å². The standard InChI is InChI=1S/C45H73NO16/c1-19-8-13-45(46-16-19)20(2)30-27(62-45)15-26-24-7-6-22-14-23(9-11-43(22,4)25(24)10-12-44(26,30)5)57-41-37(55)35(53)38(29(18-48)59-41)60-42-39(34(52)32(50)28(17-47)58-42)61-40-36(54)33(51)31(49)21(3)56-40/h6,19-21,23-42,46-55H,7-18H2,1-5H3/t19-,20+,21+,23+,24-,25+,26+,27+,28-,29-,30+,31+,32-,33-,34+,35-,36-,37-,38-,39-,40+,41-,42+,43+,44+,45-/m1/s1. The minimum absolute atomic E-state index is 0.0203. The normalized spacial score (nSPS) is 57.6. The van der Waals surface area contributed by atoms with Crippen LogP contribution in [0.15, 0.2) is 11.6 Å². The van der Waals surface area contributed by atoms with Gasteiger partial charge in [-0.15, -0.1) is 0 Å². The van der Waals surface area contributed by atoms with Crippen LogP contribution in [0.4, 0.5) is 0 Å². The van der Waals surface area contributed by atoms with Crippen molar-refractivity contribution in [3.63, 3.8) is 0 Å². The number of rotatable bonds is 8. The molecule has 5 saturated heterocycles. The molecular formula is C45H73NO16. The van der Waals surface area contributed by atoms with Crippen molar-refractivity contribution in [1.29, 1.82) is 0 Å². The van der Waals surface area contributed by atoms with Gasteiger partial charge in [0.05, 0.1) is 31.5 Å².